The van der Waals surface area contributed by atoms with Crippen molar-refractivity contribution in [1.82, 2.24) is 4.90 Å². The summed E-state index contributed by atoms with van der Waals surface area (Å²) in [7, 11) is 0. The molecule has 1 amide bonds. The number of piperazine rings is 1. The molecular formula is C20H26N4O. The molecule has 5 heteroatoms. The number of aryl methyl sites for hydroxylation is 1. The fourth-order valence-corrected chi connectivity index (χ4v) is 3.12. The first-order chi connectivity index (χ1) is 12.1. The van der Waals surface area contributed by atoms with Crippen molar-refractivity contribution in [1.29, 1.82) is 0 Å². The number of nitrogen functional groups attached to an aromatic ring is 1. The first kappa shape index (κ1) is 17.3. The monoisotopic (exact) mass is 338 g/mol. The average Bonchev–Trinajstić information content (AvgIpc) is 2.64. The molecule has 1 aliphatic heterocycles. The van der Waals surface area contributed by atoms with E-state index in [1.165, 1.54) is 5.69 Å². The van der Waals surface area contributed by atoms with Crippen molar-refractivity contribution in [3.05, 3.63) is 54.1 Å². The van der Waals surface area contributed by atoms with Crippen LogP contribution in [0.25, 0.3) is 0 Å². The van der Waals surface area contributed by atoms with E-state index in [4.69, 9.17) is 5.73 Å². The van der Waals surface area contributed by atoms with Gasteiger partial charge in [-0.3, -0.25) is 9.69 Å². The number of carbonyl (C=O) groups is 1. The molecule has 0 aromatic heterocycles. The van der Waals surface area contributed by atoms with Crippen molar-refractivity contribution >= 4 is 23.0 Å². The highest BCUT2D eigenvalue weighted by Gasteiger charge is 2.17. The predicted molar refractivity (Wildman–Crippen MR) is 104 cm³/mol. The fourth-order valence-electron chi connectivity index (χ4n) is 3.12. The van der Waals surface area contributed by atoms with E-state index < -0.39 is 0 Å². The van der Waals surface area contributed by atoms with E-state index in [2.05, 4.69) is 39.4 Å². The van der Waals surface area contributed by atoms with Gasteiger partial charge >= 0.3 is 0 Å². The van der Waals surface area contributed by atoms with E-state index in [9.17, 15) is 4.79 Å². The van der Waals surface area contributed by atoms with Gasteiger partial charge in [-0.2, -0.15) is 0 Å². The minimum absolute atomic E-state index is 0.0409. The third kappa shape index (κ3) is 4.73. The second-order valence-electron chi connectivity index (χ2n) is 6.54. The predicted octanol–water partition coefficient (Wildman–Crippen LogP) is 2.73. The fraction of sp³-hybridized carbons (Fsp3) is 0.350. The molecule has 0 bridgehead atoms. The van der Waals surface area contributed by atoms with Crippen LogP contribution >= 0.6 is 0 Å². The number of nitrogens with one attached hydrogen (secondary N) is 1. The number of hydrogen-bond acceptors (Lipinski definition) is 4. The van der Waals surface area contributed by atoms with Gasteiger partial charge in [-0.1, -0.05) is 24.3 Å². The summed E-state index contributed by atoms with van der Waals surface area (Å²) in [6.45, 7) is 6.73. The second-order valence-corrected chi connectivity index (χ2v) is 6.54. The van der Waals surface area contributed by atoms with Crippen molar-refractivity contribution < 1.29 is 4.79 Å². The summed E-state index contributed by atoms with van der Waals surface area (Å²) >= 11 is 0. The lowest BCUT2D eigenvalue weighted by molar-refractivity contribution is -0.116. The van der Waals surface area contributed by atoms with Crippen LogP contribution in [0.2, 0.25) is 0 Å². The molecule has 0 aliphatic carbocycles. The Bertz CT molecular complexity index is 709. The number of anilines is 3. The molecule has 1 fully saturated rings. The molecule has 2 aromatic rings. The zero-order valence-corrected chi connectivity index (χ0v) is 14.7. The lowest BCUT2D eigenvalue weighted by Crippen LogP contribution is -2.47. The molecule has 0 radical (unpaired) electrons. The summed E-state index contributed by atoms with van der Waals surface area (Å²) in [5.41, 5.74) is 9.56. The Morgan fingerprint density at radius 1 is 1.08 bits per heavy atom. The van der Waals surface area contributed by atoms with Crippen molar-refractivity contribution in [2.45, 2.75) is 13.3 Å². The van der Waals surface area contributed by atoms with Gasteiger partial charge in [-0.15, -0.1) is 0 Å². The third-order valence-electron chi connectivity index (χ3n) is 4.68. The first-order valence-corrected chi connectivity index (χ1v) is 8.80. The molecule has 2 aromatic carbocycles. The van der Waals surface area contributed by atoms with Crippen molar-refractivity contribution in [2.24, 2.45) is 0 Å². The molecule has 0 spiro atoms. The highest BCUT2D eigenvalue weighted by Crippen LogP contribution is 2.19. The molecule has 0 saturated carbocycles. The van der Waals surface area contributed by atoms with Gasteiger partial charge in [0.05, 0.1) is 0 Å². The maximum absolute atomic E-state index is 12.2. The van der Waals surface area contributed by atoms with E-state index >= 15 is 0 Å². The summed E-state index contributed by atoms with van der Waals surface area (Å²) in [6, 6.07) is 16.1. The number of amides is 1. The van der Waals surface area contributed by atoms with E-state index in [-0.39, 0.29) is 5.91 Å². The maximum Gasteiger partial charge on any atom is 0.225 e. The molecule has 3 rings (SSSR count). The van der Waals surface area contributed by atoms with Gasteiger partial charge in [-0.05, 0) is 36.8 Å². The quantitative estimate of drug-likeness (QED) is 0.823. The molecular weight excluding hydrogens is 312 g/mol. The van der Waals surface area contributed by atoms with Crippen LogP contribution in [0.4, 0.5) is 17.1 Å². The Morgan fingerprint density at radius 3 is 2.52 bits per heavy atom. The highest BCUT2D eigenvalue weighted by molar-refractivity contribution is 5.92. The topological polar surface area (TPSA) is 61.6 Å². The van der Waals surface area contributed by atoms with E-state index in [0.29, 0.717) is 12.1 Å². The summed E-state index contributed by atoms with van der Waals surface area (Å²) in [5.74, 6) is 0.0409. The lowest BCUT2D eigenvalue weighted by atomic mass is 10.1. The largest absolute Gasteiger partial charge is 0.399 e. The standard InChI is InChI=1S/C20H26N4O/c1-16-7-8-17(21)15-19(16)22-20(25)9-10-23-11-13-24(14-12-23)18-5-3-2-4-6-18/h2-8,15H,9-14,21H2,1H3,(H,22,25). The van der Waals surface area contributed by atoms with Crippen molar-refractivity contribution in [2.75, 3.05) is 48.7 Å². The van der Waals surface area contributed by atoms with Crippen LogP contribution in [-0.4, -0.2) is 43.5 Å². The van der Waals surface area contributed by atoms with Gasteiger partial charge < -0.3 is 16.0 Å². The average molecular weight is 338 g/mol. The number of carbonyl (C=O) groups excluding carboxylic acids is 1. The number of nitrogens with two attached hydrogens (primary N) is 1. The third-order valence-corrected chi connectivity index (χ3v) is 4.68. The number of benzene rings is 2. The van der Waals surface area contributed by atoms with Gasteiger partial charge in [0, 0.05) is 56.2 Å². The van der Waals surface area contributed by atoms with E-state index in [1.54, 1.807) is 0 Å². The molecule has 132 valence electrons. The van der Waals surface area contributed by atoms with Gasteiger partial charge in [0.25, 0.3) is 0 Å². The van der Waals surface area contributed by atoms with E-state index in [0.717, 1.165) is 44.0 Å². The smallest absolute Gasteiger partial charge is 0.225 e. The van der Waals surface area contributed by atoms with E-state index in [1.807, 2.05) is 31.2 Å². The van der Waals surface area contributed by atoms with Crippen molar-refractivity contribution in [3.63, 3.8) is 0 Å². The van der Waals surface area contributed by atoms with Gasteiger partial charge in [0.1, 0.15) is 0 Å². The molecule has 25 heavy (non-hydrogen) atoms. The molecule has 1 aliphatic rings. The molecule has 5 nitrogen and oxygen atoms in total. The normalized spacial score (nSPS) is 15.2. The summed E-state index contributed by atoms with van der Waals surface area (Å²) < 4.78 is 0. The highest BCUT2D eigenvalue weighted by atomic mass is 16.1. The first-order valence-electron chi connectivity index (χ1n) is 8.80. The van der Waals surface area contributed by atoms with Crippen LogP contribution < -0.4 is 16.0 Å². The Kier molecular flexibility index (Phi) is 5.56. The molecule has 1 saturated heterocycles. The van der Waals surface area contributed by atoms with Gasteiger partial charge in [0.2, 0.25) is 5.91 Å². The Morgan fingerprint density at radius 2 is 1.80 bits per heavy atom. The van der Waals surface area contributed by atoms with Crippen LogP contribution in [0.3, 0.4) is 0 Å². The summed E-state index contributed by atoms with van der Waals surface area (Å²) in [6.07, 6.45) is 0.500. The van der Waals surface area contributed by atoms with Crippen LogP contribution in [0.5, 0.6) is 0 Å². The molecule has 0 unspecified atom stereocenters. The molecule has 3 N–H and O–H groups in total. The minimum atomic E-state index is 0.0409. The van der Waals surface area contributed by atoms with Crippen molar-refractivity contribution in [3.8, 4) is 0 Å². The van der Waals surface area contributed by atoms with Crippen LogP contribution in [0, 0.1) is 6.92 Å². The number of rotatable bonds is 5. The maximum atomic E-state index is 12.2. The zero-order chi connectivity index (χ0) is 17.6. The number of hydrogen-bond donors (Lipinski definition) is 2. The summed E-state index contributed by atoms with van der Waals surface area (Å²) in [5, 5.41) is 2.97. The molecule has 0 atom stereocenters. The van der Waals surface area contributed by atoms with Crippen LogP contribution in [0.1, 0.15) is 12.0 Å². The number of nitrogens with zero attached hydrogens (tertiary/aromatic N) is 2. The second kappa shape index (κ2) is 8.03. The minimum Gasteiger partial charge on any atom is -0.399 e. The number of para-hydroxylation sites is 1. The summed E-state index contributed by atoms with van der Waals surface area (Å²) in [4.78, 5) is 17.0. The molecule has 1 heterocycles. The Labute approximate surface area is 149 Å². The van der Waals surface area contributed by atoms with Gasteiger partial charge in [0.15, 0.2) is 0 Å². The Balaban J connectivity index is 1.44. The van der Waals surface area contributed by atoms with Crippen LogP contribution in [0.15, 0.2) is 48.5 Å². The van der Waals surface area contributed by atoms with Gasteiger partial charge in [-0.25, -0.2) is 0 Å². The zero-order valence-electron chi connectivity index (χ0n) is 14.7. The lowest BCUT2D eigenvalue weighted by Gasteiger charge is -2.36. The Hall–Kier alpha value is -2.53. The SMILES string of the molecule is Cc1ccc(N)cc1NC(=O)CCN1CCN(c2ccccc2)CC1. The van der Waals surface area contributed by atoms with Crippen LogP contribution in [-0.2, 0) is 4.79 Å².